The molecule has 1 atom stereocenters. The topological polar surface area (TPSA) is 24.9 Å². The third kappa shape index (κ3) is 2.53. The van der Waals surface area contributed by atoms with Crippen LogP contribution in [0.5, 0.6) is 0 Å². The monoisotopic (exact) mass is 164 g/mol. The van der Waals surface area contributed by atoms with Crippen molar-refractivity contribution in [2.75, 3.05) is 5.32 Å². The molecule has 0 bridgehead atoms. The molecular formula is C10H16N2. The van der Waals surface area contributed by atoms with Gasteiger partial charge in [0.1, 0.15) is 5.82 Å². The molecular weight excluding hydrogens is 148 g/mol. The second-order valence-electron chi connectivity index (χ2n) is 3.17. The molecule has 2 heteroatoms. The van der Waals surface area contributed by atoms with Gasteiger partial charge in [0.25, 0.3) is 0 Å². The highest BCUT2D eigenvalue weighted by Gasteiger charge is 1.98. The minimum Gasteiger partial charge on any atom is -0.368 e. The van der Waals surface area contributed by atoms with Gasteiger partial charge in [-0.25, -0.2) is 4.98 Å². The number of nitrogens with zero attached hydrogens (tertiary/aromatic N) is 1. The summed E-state index contributed by atoms with van der Waals surface area (Å²) in [6, 6.07) is 4.56. The van der Waals surface area contributed by atoms with Gasteiger partial charge in [0.2, 0.25) is 0 Å². The molecule has 2 nitrogen and oxygen atoms in total. The van der Waals surface area contributed by atoms with E-state index in [-0.39, 0.29) is 0 Å². The van der Waals surface area contributed by atoms with Gasteiger partial charge in [-0.2, -0.15) is 0 Å². The number of nitrogens with one attached hydrogen (secondary N) is 1. The Morgan fingerprint density at radius 3 is 2.92 bits per heavy atom. The summed E-state index contributed by atoms with van der Waals surface area (Å²) in [6.45, 7) is 6.39. The third-order valence-corrected chi connectivity index (χ3v) is 1.92. The van der Waals surface area contributed by atoms with Crippen molar-refractivity contribution in [3.63, 3.8) is 0 Å². The molecule has 0 radical (unpaired) electrons. The van der Waals surface area contributed by atoms with Gasteiger partial charge in [-0.15, -0.1) is 0 Å². The Labute approximate surface area is 74.0 Å². The van der Waals surface area contributed by atoms with E-state index in [2.05, 4.69) is 37.1 Å². The summed E-state index contributed by atoms with van der Waals surface area (Å²) in [5.41, 5.74) is 1.25. The molecule has 1 aromatic heterocycles. The van der Waals surface area contributed by atoms with E-state index < -0.39 is 0 Å². The Bertz CT molecular complexity index is 245. The number of hydrogen-bond acceptors (Lipinski definition) is 2. The predicted octanol–water partition coefficient (Wildman–Crippen LogP) is 2.60. The molecule has 1 heterocycles. The zero-order valence-electron chi connectivity index (χ0n) is 7.96. The van der Waals surface area contributed by atoms with E-state index in [0.29, 0.717) is 6.04 Å². The normalized spacial score (nSPS) is 12.6. The van der Waals surface area contributed by atoms with Gasteiger partial charge >= 0.3 is 0 Å². The standard InChI is InChI=1S/C10H16N2/c1-4-9(3)12-10-7-8(2)5-6-11-10/h5-7,9H,4H2,1-3H3,(H,11,12). The van der Waals surface area contributed by atoms with E-state index in [1.807, 2.05) is 12.3 Å². The first-order valence-corrected chi connectivity index (χ1v) is 4.41. The van der Waals surface area contributed by atoms with E-state index in [1.165, 1.54) is 5.56 Å². The van der Waals surface area contributed by atoms with Crippen molar-refractivity contribution in [3.05, 3.63) is 23.9 Å². The maximum absolute atomic E-state index is 4.22. The van der Waals surface area contributed by atoms with E-state index in [1.54, 1.807) is 0 Å². The van der Waals surface area contributed by atoms with E-state index in [4.69, 9.17) is 0 Å². The molecule has 1 unspecified atom stereocenters. The van der Waals surface area contributed by atoms with Crippen LogP contribution in [-0.4, -0.2) is 11.0 Å². The van der Waals surface area contributed by atoms with Crippen molar-refractivity contribution in [2.24, 2.45) is 0 Å². The molecule has 0 spiro atoms. The summed E-state index contributed by atoms with van der Waals surface area (Å²) in [6.07, 6.45) is 2.95. The maximum Gasteiger partial charge on any atom is 0.126 e. The lowest BCUT2D eigenvalue weighted by atomic mass is 10.2. The smallest absolute Gasteiger partial charge is 0.126 e. The van der Waals surface area contributed by atoms with Gasteiger partial charge in [0.05, 0.1) is 0 Å². The van der Waals surface area contributed by atoms with Crippen LogP contribution in [-0.2, 0) is 0 Å². The number of hydrogen-bond donors (Lipinski definition) is 1. The van der Waals surface area contributed by atoms with Crippen molar-refractivity contribution in [2.45, 2.75) is 33.2 Å². The first-order valence-electron chi connectivity index (χ1n) is 4.41. The Morgan fingerprint density at radius 1 is 1.58 bits per heavy atom. The van der Waals surface area contributed by atoms with Gasteiger partial charge < -0.3 is 5.32 Å². The van der Waals surface area contributed by atoms with Crippen LogP contribution in [0.3, 0.4) is 0 Å². The van der Waals surface area contributed by atoms with Gasteiger partial charge in [-0.1, -0.05) is 6.92 Å². The lowest BCUT2D eigenvalue weighted by Crippen LogP contribution is -2.14. The first-order chi connectivity index (χ1) is 5.72. The lowest BCUT2D eigenvalue weighted by molar-refractivity contribution is 0.759. The highest BCUT2D eigenvalue weighted by molar-refractivity contribution is 5.37. The highest BCUT2D eigenvalue weighted by atomic mass is 15.0. The summed E-state index contributed by atoms with van der Waals surface area (Å²) in [5, 5.41) is 3.32. The second kappa shape index (κ2) is 4.10. The summed E-state index contributed by atoms with van der Waals surface area (Å²) >= 11 is 0. The fourth-order valence-electron chi connectivity index (χ4n) is 0.970. The van der Waals surface area contributed by atoms with Crippen molar-refractivity contribution in [3.8, 4) is 0 Å². The predicted molar refractivity (Wildman–Crippen MR) is 52.3 cm³/mol. The van der Waals surface area contributed by atoms with Crippen LogP contribution in [0.4, 0.5) is 5.82 Å². The summed E-state index contributed by atoms with van der Waals surface area (Å²) in [5.74, 6) is 0.976. The maximum atomic E-state index is 4.22. The van der Waals surface area contributed by atoms with Crippen molar-refractivity contribution in [1.82, 2.24) is 4.98 Å². The van der Waals surface area contributed by atoms with Crippen molar-refractivity contribution >= 4 is 5.82 Å². The van der Waals surface area contributed by atoms with E-state index >= 15 is 0 Å². The minimum absolute atomic E-state index is 0.499. The fraction of sp³-hybridized carbons (Fsp3) is 0.500. The molecule has 0 saturated heterocycles. The average molecular weight is 164 g/mol. The molecule has 0 aliphatic rings. The Morgan fingerprint density at radius 2 is 2.33 bits per heavy atom. The summed E-state index contributed by atoms with van der Waals surface area (Å²) in [4.78, 5) is 4.22. The van der Waals surface area contributed by atoms with E-state index in [0.717, 1.165) is 12.2 Å². The molecule has 0 aromatic carbocycles. The lowest BCUT2D eigenvalue weighted by Gasteiger charge is -2.11. The molecule has 0 aliphatic heterocycles. The van der Waals surface area contributed by atoms with Gasteiger partial charge in [0.15, 0.2) is 0 Å². The molecule has 66 valence electrons. The van der Waals surface area contributed by atoms with Crippen LogP contribution in [0.2, 0.25) is 0 Å². The number of rotatable bonds is 3. The quantitative estimate of drug-likeness (QED) is 0.742. The van der Waals surface area contributed by atoms with E-state index in [9.17, 15) is 0 Å². The van der Waals surface area contributed by atoms with Crippen molar-refractivity contribution in [1.29, 1.82) is 0 Å². The Hall–Kier alpha value is -1.05. The van der Waals surface area contributed by atoms with Crippen LogP contribution in [0.15, 0.2) is 18.3 Å². The van der Waals surface area contributed by atoms with Crippen LogP contribution >= 0.6 is 0 Å². The summed E-state index contributed by atoms with van der Waals surface area (Å²) in [7, 11) is 0. The molecule has 1 aromatic rings. The van der Waals surface area contributed by atoms with Gasteiger partial charge in [-0.05, 0) is 38.0 Å². The second-order valence-corrected chi connectivity index (χ2v) is 3.17. The molecule has 0 saturated carbocycles. The minimum atomic E-state index is 0.499. The average Bonchev–Trinajstić information content (AvgIpc) is 2.04. The Kier molecular flexibility index (Phi) is 3.09. The van der Waals surface area contributed by atoms with Crippen molar-refractivity contribution < 1.29 is 0 Å². The van der Waals surface area contributed by atoms with Crippen LogP contribution in [0.25, 0.3) is 0 Å². The largest absolute Gasteiger partial charge is 0.368 e. The number of pyridine rings is 1. The number of aromatic nitrogens is 1. The van der Waals surface area contributed by atoms with Crippen LogP contribution in [0.1, 0.15) is 25.8 Å². The first kappa shape index (κ1) is 9.04. The number of anilines is 1. The van der Waals surface area contributed by atoms with Gasteiger partial charge in [-0.3, -0.25) is 0 Å². The zero-order chi connectivity index (χ0) is 8.97. The molecule has 0 fully saturated rings. The summed E-state index contributed by atoms with van der Waals surface area (Å²) < 4.78 is 0. The molecule has 12 heavy (non-hydrogen) atoms. The number of aryl methyl sites for hydroxylation is 1. The Balaban J connectivity index is 2.63. The molecule has 1 rings (SSSR count). The van der Waals surface area contributed by atoms with Gasteiger partial charge in [0, 0.05) is 12.2 Å². The molecule has 1 N–H and O–H groups in total. The zero-order valence-corrected chi connectivity index (χ0v) is 7.96. The highest BCUT2D eigenvalue weighted by Crippen LogP contribution is 2.07. The SMILES string of the molecule is CCC(C)Nc1cc(C)ccn1. The van der Waals surface area contributed by atoms with Crippen LogP contribution < -0.4 is 5.32 Å². The molecule has 0 amide bonds. The fourth-order valence-corrected chi connectivity index (χ4v) is 0.970. The third-order valence-electron chi connectivity index (χ3n) is 1.92. The molecule has 0 aliphatic carbocycles. The van der Waals surface area contributed by atoms with Crippen LogP contribution in [0, 0.1) is 6.92 Å².